The number of nitro groups is 1. The van der Waals surface area contributed by atoms with Crippen molar-refractivity contribution in [2.45, 2.75) is 4.90 Å². The molecule has 0 radical (unpaired) electrons. The van der Waals surface area contributed by atoms with Crippen molar-refractivity contribution in [1.29, 1.82) is 0 Å². The molecule has 0 saturated heterocycles. The third-order valence-electron chi connectivity index (χ3n) is 3.82. The first-order valence-corrected chi connectivity index (χ1v) is 9.32. The number of carbonyl (C=O) groups excluding carboxylic acids is 2. The van der Waals surface area contributed by atoms with Gasteiger partial charge in [0.1, 0.15) is 5.69 Å². The highest BCUT2D eigenvalue weighted by Crippen LogP contribution is 2.24. The number of benzene rings is 3. The van der Waals surface area contributed by atoms with E-state index in [9.17, 15) is 19.7 Å². The lowest BCUT2D eigenvalue weighted by Gasteiger charge is -2.07. The van der Waals surface area contributed by atoms with Crippen molar-refractivity contribution in [2.75, 3.05) is 17.7 Å². The van der Waals surface area contributed by atoms with Crippen LogP contribution in [0.4, 0.5) is 11.4 Å². The monoisotopic (exact) mass is 396 g/mol. The Morgan fingerprint density at radius 2 is 1.71 bits per heavy atom. The van der Waals surface area contributed by atoms with Gasteiger partial charge in [-0.15, -0.1) is 11.8 Å². The van der Waals surface area contributed by atoms with Gasteiger partial charge in [-0.2, -0.15) is 0 Å². The minimum Gasteiger partial charge on any atom is -0.455 e. The molecule has 1 N–H and O–H groups in total. The minimum atomic E-state index is -0.640. The van der Waals surface area contributed by atoms with Crippen LogP contribution < -0.4 is 5.32 Å². The Balaban J connectivity index is 1.48. The van der Waals surface area contributed by atoms with E-state index in [-0.39, 0.29) is 17.1 Å². The highest BCUT2D eigenvalue weighted by Gasteiger charge is 2.15. The number of nitro benzene ring substituents is 1. The third-order valence-corrected chi connectivity index (χ3v) is 4.78. The molecule has 0 aliphatic heterocycles. The number of amides is 1. The zero-order valence-corrected chi connectivity index (χ0v) is 15.5. The van der Waals surface area contributed by atoms with E-state index in [0.29, 0.717) is 0 Å². The van der Waals surface area contributed by atoms with E-state index in [0.717, 1.165) is 15.7 Å². The van der Waals surface area contributed by atoms with E-state index >= 15 is 0 Å². The van der Waals surface area contributed by atoms with Crippen LogP contribution >= 0.6 is 11.8 Å². The number of ether oxygens (including phenoxy) is 1. The molecule has 1 amide bonds. The van der Waals surface area contributed by atoms with Crippen LogP contribution in [0.5, 0.6) is 0 Å². The van der Waals surface area contributed by atoms with Crippen molar-refractivity contribution in [2.24, 2.45) is 0 Å². The second kappa shape index (κ2) is 9.01. The van der Waals surface area contributed by atoms with Crippen molar-refractivity contribution in [1.82, 2.24) is 0 Å². The first-order chi connectivity index (χ1) is 13.5. The van der Waals surface area contributed by atoms with E-state index in [1.807, 2.05) is 42.5 Å². The molecule has 0 saturated carbocycles. The van der Waals surface area contributed by atoms with Gasteiger partial charge < -0.3 is 10.1 Å². The molecule has 28 heavy (non-hydrogen) atoms. The summed E-state index contributed by atoms with van der Waals surface area (Å²) in [5.74, 6) is -1.13. The molecule has 0 heterocycles. The van der Waals surface area contributed by atoms with Crippen LogP contribution in [-0.2, 0) is 14.3 Å². The van der Waals surface area contributed by atoms with E-state index in [2.05, 4.69) is 5.32 Å². The minimum absolute atomic E-state index is 0.0527. The van der Waals surface area contributed by atoms with Crippen LogP contribution in [0.2, 0.25) is 0 Å². The summed E-state index contributed by atoms with van der Waals surface area (Å²) < 4.78 is 4.94. The fourth-order valence-corrected chi connectivity index (χ4v) is 3.25. The molecule has 8 heteroatoms. The Hall–Kier alpha value is -3.39. The summed E-state index contributed by atoms with van der Waals surface area (Å²) in [6, 6.07) is 19.5. The Morgan fingerprint density at radius 1 is 1.00 bits per heavy atom. The highest BCUT2D eigenvalue weighted by molar-refractivity contribution is 8.00. The van der Waals surface area contributed by atoms with Crippen LogP contribution in [0.1, 0.15) is 0 Å². The Labute approximate surface area is 164 Å². The van der Waals surface area contributed by atoms with Crippen molar-refractivity contribution < 1.29 is 19.2 Å². The summed E-state index contributed by atoms with van der Waals surface area (Å²) in [6.07, 6.45) is 0. The molecule has 142 valence electrons. The Bertz CT molecular complexity index is 1040. The van der Waals surface area contributed by atoms with Crippen LogP contribution in [0.25, 0.3) is 10.8 Å². The van der Waals surface area contributed by atoms with Crippen molar-refractivity contribution in [3.8, 4) is 0 Å². The average molecular weight is 396 g/mol. The number of hydrogen-bond acceptors (Lipinski definition) is 6. The number of thioether (sulfide) groups is 1. The molecule has 0 unspecified atom stereocenters. The van der Waals surface area contributed by atoms with Crippen molar-refractivity contribution >= 4 is 45.8 Å². The maximum Gasteiger partial charge on any atom is 0.316 e. The first kappa shape index (κ1) is 19.4. The summed E-state index contributed by atoms with van der Waals surface area (Å²) in [4.78, 5) is 35.0. The fraction of sp³-hybridized carbons (Fsp3) is 0.100. The summed E-state index contributed by atoms with van der Waals surface area (Å²) in [5, 5.41) is 15.5. The number of esters is 1. The maximum absolute atomic E-state index is 11.9. The van der Waals surface area contributed by atoms with Gasteiger partial charge in [-0.1, -0.05) is 42.5 Å². The molecule has 3 aromatic carbocycles. The molecule has 0 fully saturated rings. The molecular weight excluding hydrogens is 380 g/mol. The second-order valence-electron chi connectivity index (χ2n) is 5.78. The summed E-state index contributed by atoms with van der Waals surface area (Å²) in [6.45, 7) is -0.511. The van der Waals surface area contributed by atoms with Crippen LogP contribution in [-0.4, -0.2) is 29.2 Å². The van der Waals surface area contributed by atoms with Crippen molar-refractivity contribution in [3.63, 3.8) is 0 Å². The molecule has 3 aromatic rings. The van der Waals surface area contributed by atoms with Gasteiger partial charge in [0, 0.05) is 11.0 Å². The smallest absolute Gasteiger partial charge is 0.316 e. The van der Waals surface area contributed by atoms with Gasteiger partial charge in [-0.3, -0.25) is 19.7 Å². The lowest BCUT2D eigenvalue weighted by Crippen LogP contribution is -2.22. The van der Waals surface area contributed by atoms with Gasteiger partial charge in [-0.05, 0) is 29.0 Å². The van der Waals surface area contributed by atoms with E-state index in [1.165, 1.54) is 30.0 Å². The van der Waals surface area contributed by atoms with Gasteiger partial charge in [0.15, 0.2) is 6.61 Å². The van der Waals surface area contributed by atoms with Gasteiger partial charge >= 0.3 is 5.97 Å². The van der Waals surface area contributed by atoms with E-state index in [4.69, 9.17) is 4.74 Å². The average Bonchev–Trinajstić information content (AvgIpc) is 2.70. The molecule has 0 atom stereocenters. The number of para-hydroxylation sites is 2. The molecule has 0 aliphatic carbocycles. The maximum atomic E-state index is 11.9. The van der Waals surface area contributed by atoms with Crippen molar-refractivity contribution in [3.05, 3.63) is 76.8 Å². The Morgan fingerprint density at radius 3 is 2.50 bits per heavy atom. The lowest BCUT2D eigenvalue weighted by atomic mass is 10.1. The predicted octanol–water partition coefficient (Wildman–Crippen LogP) is 4.02. The summed E-state index contributed by atoms with van der Waals surface area (Å²) >= 11 is 1.31. The zero-order valence-electron chi connectivity index (χ0n) is 14.7. The molecule has 0 bridgehead atoms. The molecule has 0 aromatic heterocycles. The molecule has 3 rings (SSSR count). The van der Waals surface area contributed by atoms with E-state index in [1.54, 1.807) is 6.07 Å². The highest BCUT2D eigenvalue weighted by atomic mass is 32.2. The third kappa shape index (κ3) is 5.08. The zero-order chi connectivity index (χ0) is 19.9. The molecule has 7 nitrogen and oxygen atoms in total. The number of hydrogen-bond donors (Lipinski definition) is 1. The predicted molar refractivity (Wildman–Crippen MR) is 107 cm³/mol. The number of nitrogens with one attached hydrogen (secondary N) is 1. The van der Waals surface area contributed by atoms with E-state index < -0.39 is 23.4 Å². The SMILES string of the molecule is O=C(COC(=O)CSc1ccc2ccccc2c1)Nc1ccccc1[N+](=O)[O-]. The van der Waals surface area contributed by atoms with Crippen LogP contribution in [0.3, 0.4) is 0 Å². The lowest BCUT2D eigenvalue weighted by molar-refractivity contribution is -0.383. The van der Waals surface area contributed by atoms with Crippen LogP contribution in [0.15, 0.2) is 71.6 Å². The van der Waals surface area contributed by atoms with Gasteiger partial charge in [0.25, 0.3) is 11.6 Å². The first-order valence-electron chi connectivity index (χ1n) is 8.33. The normalized spacial score (nSPS) is 10.4. The van der Waals surface area contributed by atoms with Crippen LogP contribution in [0, 0.1) is 10.1 Å². The quantitative estimate of drug-likeness (QED) is 0.280. The molecular formula is C20H16N2O5S. The number of carbonyl (C=O) groups is 2. The standard InChI is InChI=1S/C20H16N2O5S/c23-19(21-17-7-3-4-8-18(17)22(25)26)12-27-20(24)13-28-16-10-9-14-5-1-2-6-15(14)11-16/h1-11H,12-13H2,(H,21,23). The summed E-state index contributed by atoms with van der Waals surface area (Å²) in [5.41, 5.74) is -0.173. The molecule has 0 aliphatic rings. The molecule has 0 spiro atoms. The fourth-order valence-electron chi connectivity index (χ4n) is 2.51. The second-order valence-corrected chi connectivity index (χ2v) is 6.83. The summed E-state index contributed by atoms with van der Waals surface area (Å²) in [7, 11) is 0. The Kier molecular flexibility index (Phi) is 6.23. The van der Waals surface area contributed by atoms with Gasteiger partial charge in [0.05, 0.1) is 10.7 Å². The number of anilines is 1. The van der Waals surface area contributed by atoms with Gasteiger partial charge in [-0.25, -0.2) is 0 Å². The number of fused-ring (bicyclic) bond motifs is 1. The number of nitrogens with zero attached hydrogens (tertiary/aromatic N) is 1. The van der Waals surface area contributed by atoms with Gasteiger partial charge in [0.2, 0.25) is 0 Å². The topological polar surface area (TPSA) is 98.5 Å². The number of rotatable bonds is 7. The largest absolute Gasteiger partial charge is 0.455 e.